The van der Waals surface area contributed by atoms with Gasteiger partial charge in [0.15, 0.2) is 6.61 Å². The fourth-order valence-corrected chi connectivity index (χ4v) is 2.48. The fourth-order valence-electron chi connectivity index (χ4n) is 2.48. The summed E-state index contributed by atoms with van der Waals surface area (Å²) < 4.78 is 15.2. The minimum absolute atomic E-state index is 0.162. The predicted octanol–water partition coefficient (Wildman–Crippen LogP) is 2.07. The van der Waals surface area contributed by atoms with E-state index in [1.807, 2.05) is 0 Å². The first-order valence-corrected chi connectivity index (χ1v) is 8.20. The minimum Gasteiger partial charge on any atom is -0.497 e. The molecule has 0 aliphatic heterocycles. The first kappa shape index (κ1) is 19.3. The Kier molecular flexibility index (Phi) is 6.23. The normalized spacial score (nSPS) is 15.6. The standard InChI is InChI=1S/C19H22N2O5/c1-19(12-20,14-5-6-14)21-17(22)11-26-18(23)7-4-13-8-15(24-2)10-16(9-13)25-3/h4,7-10,14H,5-6,11H2,1-3H3,(H,21,22)/b7-4+/t19-/m1/s1. The molecule has 1 aliphatic carbocycles. The Morgan fingerprint density at radius 3 is 2.38 bits per heavy atom. The van der Waals surface area contributed by atoms with Crippen molar-refractivity contribution in [2.75, 3.05) is 20.8 Å². The predicted molar refractivity (Wildman–Crippen MR) is 94.4 cm³/mol. The highest BCUT2D eigenvalue weighted by Gasteiger charge is 2.43. The van der Waals surface area contributed by atoms with Gasteiger partial charge in [0, 0.05) is 12.1 Å². The number of rotatable bonds is 8. The van der Waals surface area contributed by atoms with Crippen LogP contribution in [0.5, 0.6) is 11.5 Å². The smallest absolute Gasteiger partial charge is 0.331 e. The minimum atomic E-state index is -0.906. The second kappa shape index (κ2) is 8.39. The molecule has 1 atom stereocenters. The number of carbonyl (C=O) groups is 2. The molecule has 0 heterocycles. The molecule has 1 N–H and O–H groups in total. The first-order valence-electron chi connectivity index (χ1n) is 8.20. The maximum Gasteiger partial charge on any atom is 0.331 e. The van der Waals surface area contributed by atoms with Crippen molar-refractivity contribution in [3.8, 4) is 17.6 Å². The molecule has 1 amide bonds. The summed E-state index contributed by atoms with van der Waals surface area (Å²) in [7, 11) is 3.07. The number of hydrogen-bond acceptors (Lipinski definition) is 6. The topological polar surface area (TPSA) is 97.6 Å². The summed E-state index contributed by atoms with van der Waals surface area (Å²) >= 11 is 0. The zero-order valence-corrected chi connectivity index (χ0v) is 15.1. The molecular formula is C19H22N2O5. The number of amides is 1. The van der Waals surface area contributed by atoms with Gasteiger partial charge in [-0.3, -0.25) is 4.79 Å². The second-order valence-corrected chi connectivity index (χ2v) is 6.22. The van der Waals surface area contributed by atoms with Crippen LogP contribution in [0.4, 0.5) is 0 Å². The van der Waals surface area contributed by atoms with E-state index in [9.17, 15) is 14.9 Å². The van der Waals surface area contributed by atoms with Gasteiger partial charge in [-0.2, -0.15) is 5.26 Å². The average molecular weight is 358 g/mol. The highest BCUT2D eigenvalue weighted by Crippen LogP contribution is 2.39. The maximum atomic E-state index is 11.9. The number of hydrogen-bond donors (Lipinski definition) is 1. The lowest BCUT2D eigenvalue weighted by Gasteiger charge is -2.22. The molecule has 26 heavy (non-hydrogen) atoms. The zero-order valence-electron chi connectivity index (χ0n) is 15.1. The van der Waals surface area contributed by atoms with Crippen LogP contribution in [-0.2, 0) is 14.3 Å². The van der Waals surface area contributed by atoms with E-state index in [2.05, 4.69) is 11.4 Å². The Morgan fingerprint density at radius 1 is 1.27 bits per heavy atom. The molecule has 1 aromatic carbocycles. The Labute approximate surface area is 152 Å². The molecule has 0 aromatic heterocycles. The van der Waals surface area contributed by atoms with E-state index in [0.717, 1.165) is 12.8 Å². The Hall–Kier alpha value is -3.01. The van der Waals surface area contributed by atoms with Gasteiger partial charge in [0.2, 0.25) is 0 Å². The lowest BCUT2D eigenvalue weighted by molar-refractivity contribution is -0.144. The summed E-state index contributed by atoms with van der Waals surface area (Å²) in [6.45, 7) is 1.25. The lowest BCUT2D eigenvalue weighted by atomic mass is 9.98. The average Bonchev–Trinajstić information content (AvgIpc) is 3.49. The van der Waals surface area contributed by atoms with Gasteiger partial charge in [0.1, 0.15) is 17.0 Å². The van der Waals surface area contributed by atoms with Crippen LogP contribution in [0.15, 0.2) is 24.3 Å². The highest BCUT2D eigenvalue weighted by atomic mass is 16.5. The van der Waals surface area contributed by atoms with E-state index in [0.29, 0.717) is 17.1 Å². The molecule has 7 nitrogen and oxygen atoms in total. The van der Waals surface area contributed by atoms with Gasteiger partial charge in [0.25, 0.3) is 5.91 Å². The zero-order chi connectivity index (χ0) is 19.2. The van der Waals surface area contributed by atoms with Crippen LogP contribution in [0.3, 0.4) is 0 Å². The van der Waals surface area contributed by atoms with Crippen molar-refractivity contribution in [2.45, 2.75) is 25.3 Å². The number of esters is 1. The molecule has 1 aromatic rings. The number of nitrogens with one attached hydrogen (secondary N) is 1. The SMILES string of the molecule is COc1cc(/C=C/C(=O)OCC(=O)N[C@](C)(C#N)C2CC2)cc(OC)c1. The molecule has 0 radical (unpaired) electrons. The summed E-state index contributed by atoms with van der Waals surface area (Å²) in [5.74, 6) is 0.188. The van der Waals surface area contributed by atoms with Gasteiger partial charge in [-0.1, -0.05) is 0 Å². The molecule has 1 aliphatic rings. The van der Waals surface area contributed by atoms with E-state index in [-0.39, 0.29) is 5.92 Å². The third kappa shape index (κ3) is 5.24. The number of nitriles is 1. The molecule has 0 spiro atoms. The van der Waals surface area contributed by atoms with E-state index >= 15 is 0 Å². The fraction of sp³-hybridized carbons (Fsp3) is 0.421. The van der Waals surface area contributed by atoms with Gasteiger partial charge >= 0.3 is 5.97 Å². The quantitative estimate of drug-likeness (QED) is 0.564. The second-order valence-electron chi connectivity index (χ2n) is 6.22. The third-order valence-electron chi connectivity index (χ3n) is 4.16. The Balaban J connectivity index is 1.87. The van der Waals surface area contributed by atoms with Gasteiger partial charge in [-0.15, -0.1) is 0 Å². The lowest BCUT2D eigenvalue weighted by Crippen LogP contribution is -2.48. The van der Waals surface area contributed by atoms with E-state index in [1.54, 1.807) is 25.1 Å². The van der Waals surface area contributed by atoms with Crippen LogP contribution in [-0.4, -0.2) is 38.2 Å². The van der Waals surface area contributed by atoms with Crippen LogP contribution in [0.2, 0.25) is 0 Å². The summed E-state index contributed by atoms with van der Waals surface area (Å²) in [5.41, 5.74) is -0.218. The summed E-state index contributed by atoms with van der Waals surface area (Å²) in [6.07, 6.45) is 4.58. The van der Waals surface area contributed by atoms with Crippen molar-refractivity contribution in [1.29, 1.82) is 5.26 Å². The highest BCUT2D eigenvalue weighted by molar-refractivity contribution is 5.89. The van der Waals surface area contributed by atoms with E-state index in [1.165, 1.54) is 26.4 Å². The van der Waals surface area contributed by atoms with Crippen molar-refractivity contribution < 1.29 is 23.8 Å². The Bertz CT molecular complexity index is 727. The molecule has 138 valence electrons. The number of benzene rings is 1. The van der Waals surface area contributed by atoms with Gasteiger partial charge in [-0.05, 0) is 49.5 Å². The molecule has 7 heteroatoms. The van der Waals surface area contributed by atoms with Crippen LogP contribution in [0, 0.1) is 17.2 Å². The number of nitrogens with zero attached hydrogens (tertiary/aromatic N) is 1. The van der Waals surface area contributed by atoms with E-state index < -0.39 is 24.0 Å². The Morgan fingerprint density at radius 2 is 1.88 bits per heavy atom. The summed E-state index contributed by atoms with van der Waals surface area (Å²) in [6, 6.07) is 7.29. The van der Waals surface area contributed by atoms with Gasteiger partial charge in [-0.25, -0.2) is 4.79 Å². The van der Waals surface area contributed by atoms with Crippen molar-refractivity contribution >= 4 is 18.0 Å². The van der Waals surface area contributed by atoms with Crippen LogP contribution in [0.25, 0.3) is 6.08 Å². The number of methoxy groups -OCH3 is 2. The number of ether oxygens (including phenoxy) is 3. The molecule has 1 fully saturated rings. The van der Waals surface area contributed by atoms with Crippen molar-refractivity contribution in [3.63, 3.8) is 0 Å². The van der Waals surface area contributed by atoms with Crippen LogP contribution in [0.1, 0.15) is 25.3 Å². The molecule has 0 saturated heterocycles. The van der Waals surface area contributed by atoms with Crippen LogP contribution >= 0.6 is 0 Å². The molecule has 1 saturated carbocycles. The largest absolute Gasteiger partial charge is 0.497 e. The first-order chi connectivity index (χ1) is 12.4. The summed E-state index contributed by atoms with van der Waals surface area (Å²) in [4.78, 5) is 23.7. The van der Waals surface area contributed by atoms with Crippen molar-refractivity contribution in [3.05, 3.63) is 29.8 Å². The van der Waals surface area contributed by atoms with Crippen molar-refractivity contribution in [2.24, 2.45) is 5.92 Å². The molecule has 0 bridgehead atoms. The summed E-state index contributed by atoms with van der Waals surface area (Å²) in [5, 5.41) is 11.8. The van der Waals surface area contributed by atoms with Crippen molar-refractivity contribution in [1.82, 2.24) is 5.32 Å². The molecular weight excluding hydrogens is 336 g/mol. The molecule has 0 unspecified atom stereocenters. The third-order valence-corrected chi connectivity index (χ3v) is 4.16. The monoisotopic (exact) mass is 358 g/mol. The number of carbonyl (C=O) groups excluding carboxylic acids is 2. The maximum absolute atomic E-state index is 11.9. The van der Waals surface area contributed by atoms with E-state index in [4.69, 9.17) is 14.2 Å². The van der Waals surface area contributed by atoms with Gasteiger partial charge < -0.3 is 19.5 Å². The van der Waals surface area contributed by atoms with Gasteiger partial charge in [0.05, 0.1) is 20.3 Å². The molecule has 2 rings (SSSR count). The van der Waals surface area contributed by atoms with Crippen LogP contribution < -0.4 is 14.8 Å².